The Balaban J connectivity index is 3.04. The van der Waals surface area contributed by atoms with Crippen molar-refractivity contribution in [1.29, 1.82) is 0 Å². The van der Waals surface area contributed by atoms with Crippen molar-refractivity contribution in [3.05, 3.63) is 0 Å². The van der Waals surface area contributed by atoms with Crippen molar-refractivity contribution in [2.45, 2.75) is 39.7 Å². The zero-order valence-electron chi connectivity index (χ0n) is 12.9. The van der Waals surface area contributed by atoms with E-state index >= 15 is 0 Å². The number of rotatable bonds is 7. The van der Waals surface area contributed by atoms with Crippen LogP contribution >= 0.6 is 0 Å². The normalized spacial score (nSPS) is 12.1. The first-order chi connectivity index (χ1) is 8.99. The minimum atomic E-state index is 0.414. The zero-order valence-corrected chi connectivity index (χ0v) is 12.9. The van der Waals surface area contributed by atoms with Crippen molar-refractivity contribution in [3.8, 4) is 0 Å². The van der Waals surface area contributed by atoms with Gasteiger partial charge in [0.25, 0.3) is 0 Å². The van der Waals surface area contributed by atoms with Crippen LogP contribution in [-0.4, -0.2) is 48.7 Å². The third kappa shape index (κ3) is 4.22. The zero-order chi connectivity index (χ0) is 14.4. The Morgan fingerprint density at radius 2 is 1.68 bits per heavy atom. The molecule has 0 spiro atoms. The molecule has 1 rings (SSSR count). The topological polar surface area (TPSA) is 57.2 Å². The maximum atomic E-state index is 4.51. The smallest absolute Gasteiger partial charge is 0.231 e. The Morgan fingerprint density at radius 1 is 1.05 bits per heavy atom. The summed E-state index contributed by atoms with van der Waals surface area (Å²) < 4.78 is 0. The first-order valence-corrected chi connectivity index (χ1v) is 6.89. The van der Waals surface area contributed by atoms with E-state index in [4.69, 9.17) is 0 Å². The van der Waals surface area contributed by atoms with Gasteiger partial charge >= 0.3 is 0 Å². The fourth-order valence-corrected chi connectivity index (χ4v) is 1.76. The van der Waals surface area contributed by atoms with E-state index in [-0.39, 0.29) is 0 Å². The van der Waals surface area contributed by atoms with Gasteiger partial charge in [0.1, 0.15) is 0 Å². The molecule has 0 saturated heterocycles. The SMILES string of the molecule is CCCC(C)N(C)c1nc(NCC)nc(N(C)C)n1. The Labute approximate surface area is 116 Å². The maximum Gasteiger partial charge on any atom is 0.231 e. The summed E-state index contributed by atoms with van der Waals surface area (Å²) in [7, 11) is 5.90. The van der Waals surface area contributed by atoms with E-state index in [0.29, 0.717) is 17.9 Å². The lowest BCUT2D eigenvalue weighted by molar-refractivity contribution is 0.604. The second-order valence-electron chi connectivity index (χ2n) is 4.93. The average molecular weight is 266 g/mol. The fraction of sp³-hybridized carbons (Fsp3) is 0.769. The van der Waals surface area contributed by atoms with Crippen LogP contribution in [-0.2, 0) is 0 Å². The van der Waals surface area contributed by atoms with Gasteiger partial charge in [0.05, 0.1) is 0 Å². The van der Waals surface area contributed by atoms with E-state index in [1.54, 1.807) is 0 Å². The molecule has 0 aliphatic rings. The predicted octanol–water partition coefficient (Wildman–Crippen LogP) is 1.99. The Morgan fingerprint density at radius 3 is 2.21 bits per heavy atom. The average Bonchev–Trinajstić information content (AvgIpc) is 2.38. The molecule has 0 aliphatic heterocycles. The highest BCUT2D eigenvalue weighted by Gasteiger charge is 2.15. The highest BCUT2D eigenvalue weighted by atomic mass is 15.3. The monoisotopic (exact) mass is 266 g/mol. The molecule has 0 aromatic carbocycles. The molecular formula is C13H26N6. The van der Waals surface area contributed by atoms with Crippen molar-refractivity contribution < 1.29 is 0 Å². The quantitative estimate of drug-likeness (QED) is 0.814. The standard InChI is InChI=1S/C13H26N6/c1-7-9-10(3)19(6)13-16-11(14-8-2)15-12(17-13)18(4)5/h10H,7-9H2,1-6H3,(H,14,15,16,17). The lowest BCUT2D eigenvalue weighted by atomic mass is 10.2. The Bertz CT molecular complexity index is 393. The predicted molar refractivity (Wildman–Crippen MR) is 81.1 cm³/mol. The third-order valence-electron chi connectivity index (χ3n) is 3.03. The molecule has 0 fully saturated rings. The van der Waals surface area contributed by atoms with Crippen LogP contribution in [0.4, 0.5) is 17.8 Å². The van der Waals surface area contributed by atoms with Gasteiger partial charge < -0.3 is 15.1 Å². The van der Waals surface area contributed by atoms with Gasteiger partial charge in [0.15, 0.2) is 0 Å². The van der Waals surface area contributed by atoms with Crippen molar-refractivity contribution in [3.63, 3.8) is 0 Å². The summed E-state index contributed by atoms with van der Waals surface area (Å²) >= 11 is 0. The molecule has 1 aromatic rings. The molecule has 6 nitrogen and oxygen atoms in total. The molecule has 1 N–H and O–H groups in total. The summed E-state index contributed by atoms with van der Waals surface area (Å²) in [5.74, 6) is 2.03. The number of anilines is 3. The van der Waals surface area contributed by atoms with Crippen LogP contribution in [0.15, 0.2) is 0 Å². The van der Waals surface area contributed by atoms with Crippen LogP contribution in [0.25, 0.3) is 0 Å². The van der Waals surface area contributed by atoms with E-state index in [1.165, 1.54) is 0 Å². The molecular weight excluding hydrogens is 240 g/mol. The second-order valence-corrected chi connectivity index (χ2v) is 4.93. The third-order valence-corrected chi connectivity index (χ3v) is 3.03. The number of nitrogens with one attached hydrogen (secondary N) is 1. The minimum Gasteiger partial charge on any atom is -0.354 e. The summed E-state index contributed by atoms with van der Waals surface area (Å²) in [6, 6.07) is 0.414. The summed E-state index contributed by atoms with van der Waals surface area (Å²) in [5.41, 5.74) is 0. The molecule has 1 unspecified atom stereocenters. The minimum absolute atomic E-state index is 0.414. The lowest BCUT2D eigenvalue weighted by Crippen LogP contribution is -2.31. The second kappa shape index (κ2) is 7.11. The largest absolute Gasteiger partial charge is 0.354 e. The van der Waals surface area contributed by atoms with Crippen LogP contribution in [0.3, 0.4) is 0 Å². The summed E-state index contributed by atoms with van der Waals surface area (Å²) in [5, 5.41) is 3.15. The van der Waals surface area contributed by atoms with Crippen LogP contribution in [0.2, 0.25) is 0 Å². The molecule has 19 heavy (non-hydrogen) atoms. The molecule has 1 atom stereocenters. The van der Waals surface area contributed by atoms with Gasteiger partial charge in [-0.2, -0.15) is 15.0 Å². The van der Waals surface area contributed by atoms with Crippen molar-refractivity contribution in [2.24, 2.45) is 0 Å². The summed E-state index contributed by atoms with van der Waals surface area (Å²) in [6.07, 6.45) is 2.27. The fourth-order valence-electron chi connectivity index (χ4n) is 1.76. The van der Waals surface area contributed by atoms with E-state index in [1.807, 2.05) is 33.0 Å². The Kier molecular flexibility index (Phi) is 5.79. The molecule has 0 amide bonds. The van der Waals surface area contributed by atoms with E-state index < -0.39 is 0 Å². The first-order valence-electron chi connectivity index (χ1n) is 6.89. The van der Waals surface area contributed by atoms with Crippen LogP contribution in [0.1, 0.15) is 33.6 Å². The molecule has 1 aromatic heterocycles. The van der Waals surface area contributed by atoms with Crippen LogP contribution < -0.4 is 15.1 Å². The van der Waals surface area contributed by atoms with Crippen molar-refractivity contribution in [2.75, 3.05) is 42.8 Å². The number of hydrogen-bond acceptors (Lipinski definition) is 6. The van der Waals surface area contributed by atoms with Gasteiger partial charge in [-0.15, -0.1) is 0 Å². The van der Waals surface area contributed by atoms with Gasteiger partial charge in [0, 0.05) is 33.7 Å². The van der Waals surface area contributed by atoms with Crippen molar-refractivity contribution >= 4 is 17.8 Å². The van der Waals surface area contributed by atoms with Crippen LogP contribution in [0, 0.1) is 0 Å². The highest BCUT2D eigenvalue weighted by molar-refractivity contribution is 5.44. The molecule has 0 radical (unpaired) electrons. The van der Waals surface area contributed by atoms with Gasteiger partial charge in [-0.05, 0) is 20.3 Å². The lowest BCUT2D eigenvalue weighted by Gasteiger charge is -2.25. The maximum absolute atomic E-state index is 4.51. The van der Waals surface area contributed by atoms with Gasteiger partial charge in [-0.3, -0.25) is 0 Å². The number of hydrogen-bond donors (Lipinski definition) is 1. The van der Waals surface area contributed by atoms with E-state index in [0.717, 1.165) is 25.3 Å². The number of aromatic nitrogens is 3. The highest BCUT2D eigenvalue weighted by Crippen LogP contribution is 2.17. The molecule has 1 heterocycles. The van der Waals surface area contributed by atoms with E-state index in [9.17, 15) is 0 Å². The van der Waals surface area contributed by atoms with Crippen LogP contribution in [0.5, 0.6) is 0 Å². The van der Waals surface area contributed by atoms with Gasteiger partial charge in [-0.25, -0.2) is 0 Å². The van der Waals surface area contributed by atoms with Crippen molar-refractivity contribution in [1.82, 2.24) is 15.0 Å². The summed E-state index contributed by atoms with van der Waals surface area (Å²) in [4.78, 5) is 17.4. The molecule has 0 bridgehead atoms. The molecule has 0 aliphatic carbocycles. The van der Waals surface area contributed by atoms with Gasteiger partial charge in [0.2, 0.25) is 17.8 Å². The first kappa shape index (κ1) is 15.5. The molecule has 6 heteroatoms. The molecule has 108 valence electrons. The molecule has 0 saturated carbocycles. The number of nitrogens with zero attached hydrogens (tertiary/aromatic N) is 5. The van der Waals surface area contributed by atoms with E-state index in [2.05, 4.69) is 39.0 Å². The van der Waals surface area contributed by atoms with Gasteiger partial charge in [-0.1, -0.05) is 13.3 Å². The Hall–Kier alpha value is -1.59. The summed E-state index contributed by atoms with van der Waals surface area (Å²) in [6.45, 7) is 7.20.